The van der Waals surface area contributed by atoms with E-state index in [1.807, 2.05) is 6.92 Å². The van der Waals surface area contributed by atoms with Crippen molar-refractivity contribution < 1.29 is 9.90 Å². The Bertz CT molecular complexity index is 421. The molecule has 16 heavy (non-hydrogen) atoms. The molecular formula is C11H17N3O2. The first-order chi connectivity index (χ1) is 7.56. The Balaban J connectivity index is 2.48. The van der Waals surface area contributed by atoms with Crippen LogP contribution in [-0.2, 0) is 7.05 Å². The molecule has 5 nitrogen and oxygen atoms in total. The van der Waals surface area contributed by atoms with Gasteiger partial charge in [0.15, 0.2) is 0 Å². The van der Waals surface area contributed by atoms with E-state index in [9.17, 15) is 9.90 Å². The van der Waals surface area contributed by atoms with Gasteiger partial charge in [0, 0.05) is 19.6 Å². The molecule has 0 aliphatic heterocycles. The fourth-order valence-corrected chi connectivity index (χ4v) is 2.19. The molecular weight excluding hydrogens is 206 g/mol. The SMILES string of the molecule is CCN(c1c(C(=O)O)c(C)nn1C)C1CC1. The first-order valence-electron chi connectivity index (χ1n) is 5.59. The lowest BCUT2D eigenvalue weighted by molar-refractivity contribution is 0.0696. The summed E-state index contributed by atoms with van der Waals surface area (Å²) in [6.07, 6.45) is 2.30. The van der Waals surface area contributed by atoms with Crippen molar-refractivity contribution in [2.75, 3.05) is 11.4 Å². The van der Waals surface area contributed by atoms with Crippen LogP contribution in [0.3, 0.4) is 0 Å². The van der Waals surface area contributed by atoms with Gasteiger partial charge in [-0.05, 0) is 26.7 Å². The summed E-state index contributed by atoms with van der Waals surface area (Å²) in [4.78, 5) is 13.4. The second-order valence-electron chi connectivity index (χ2n) is 4.23. The van der Waals surface area contributed by atoms with E-state index in [1.54, 1.807) is 18.7 Å². The number of nitrogens with zero attached hydrogens (tertiary/aromatic N) is 3. The molecule has 0 unspecified atom stereocenters. The fourth-order valence-electron chi connectivity index (χ4n) is 2.19. The molecule has 1 aliphatic rings. The van der Waals surface area contributed by atoms with Crippen LogP contribution in [-0.4, -0.2) is 33.4 Å². The van der Waals surface area contributed by atoms with E-state index in [0.717, 1.165) is 25.2 Å². The highest BCUT2D eigenvalue weighted by molar-refractivity contribution is 5.95. The van der Waals surface area contributed by atoms with Crippen molar-refractivity contribution in [3.8, 4) is 0 Å². The van der Waals surface area contributed by atoms with Gasteiger partial charge in [0.25, 0.3) is 0 Å². The van der Waals surface area contributed by atoms with Crippen LogP contribution in [0.4, 0.5) is 5.82 Å². The maximum absolute atomic E-state index is 11.2. The molecule has 88 valence electrons. The van der Waals surface area contributed by atoms with E-state index < -0.39 is 5.97 Å². The first-order valence-corrected chi connectivity index (χ1v) is 5.59. The minimum atomic E-state index is -0.889. The van der Waals surface area contributed by atoms with E-state index in [1.165, 1.54) is 0 Å². The number of rotatable bonds is 4. The number of carbonyl (C=O) groups is 1. The molecule has 0 saturated heterocycles. The van der Waals surface area contributed by atoms with Crippen LogP contribution in [0.25, 0.3) is 0 Å². The second-order valence-corrected chi connectivity index (χ2v) is 4.23. The van der Waals surface area contributed by atoms with Crippen molar-refractivity contribution in [3.05, 3.63) is 11.3 Å². The van der Waals surface area contributed by atoms with Crippen LogP contribution in [0.5, 0.6) is 0 Å². The van der Waals surface area contributed by atoms with Crippen molar-refractivity contribution in [2.24, 2.45) is 7.05 Å². The molecule has 2 rings (SSSR count). The highest BCUT2D eigenvalue weighted by Gasteiger charge is 2.33. The standard InChI is InChI=1S/C11H17N3O2/c1-4-14(8-5-6-8)10-9(11(15)16)7(2)12-13(10)3/h8H,4-6H2,1-3H3,(H,15,16). The summed E-state index contributed by atoms with van der Waals surface area (Å²) in [5.41, 5.74) is 0.931. The maximum Gasteiger partial charge on any atom is 0.341 e. The third kappa shape index (κ3) is 1.66. The number of aromatic nitrogens is 2. The minimum absolute atomic E-state index is 0.344. The van der Waals surface area contributed by atoms with E-state index >= 15 is 0 Å². The zero-order chi connectivity index (χ0) is 11.9. The van der Waals surface area contributed by atoms with Crippen LogP contribution < -0.4 is 4.90 Å². The largest absolute Gasteiger partial charge is 0.477 e. The summed E-state index contributed by atoms with van der Waals surface area (Å²) in [6, 6.07) is 0.498. The van der Waals surface area contributed by atoms with E-state index in [-0.39, 0.29) is 0 Å². The number of aryl methyl sites for hydroxylation is 2. The number of hydrogen-bond donors (Lipinski definition) is 1. The number of carboxylic acid groups (broad SMARTS) is 1. The van der Waals surface area contributed by atoms with Gasteiger partial charge in [-0.3, -0.25) is 4.68 Å². The van der Waals surface area contributed by atoms with Crippen LogP contribution in [0, 0.1) is 6.92 Å². The molecule has 1 saturated carbocycles. The molecule has 1 fully saturated rings. The minimum Gasteiger partial charge on any atom is -0.477 e. The fraction of sp³-hybridized carbons (Fsp3) is 0.636. The monoisotopic (exact) mass is 223 g/mol. The average Bonchev–Trinajstić information content (AvgIpc) is 2.96. The summed E-state index contributed by atoms with van der Waals surface area (Å²) in [5.74, 6) is -0.144. The van der Waals surface area contributed by atoms with Gasteiger partial charge in [-0.2, -0.15) is 5.10 Å². The molecule has 0 radical (unpaired) electrons. The van der Waals surface area contributed by atoms with Crippen molar-refractivity contribution in [3.63, 3.8) is 0 Å². The van der Waals surface area contributed by atoms with Gasteiger partial charge in [-0.1, -0.05) is 0 Å². The summed E-state index contributed by atoms with van der Waals surface area (Å²) in [5, 5.41) is 13.4. The normalized spacial score (nSPS) is 15.2. The topological polar surface area (TPSA) is 58.4 Å². The lowest BCUT2D eigenvalue weighted by Crippen LogP contribution is -2.28. The molecule has 0 atom stereocenters. The summed E-state index contributed by atoms with van der Waals surface area (Å²) in [7, 11) is 1.81. The molecule has 0 spiro atoms. The van der Waals surface area contributed by atoms with Gasteiger partial charge in [0.05, 0.1) is 5.69 Å². The van der Waals surface area contributed by atoms with E-state index in [2.05, 4.69) is 10.00 Å². The molecule has 1 aromatic rings. The predicted octanol–water partition coefficient (Wildman–Crippen LogP) is 1.42. The molecule has 0 amide bonds. The van der Waals surface area contributed by atoms with Crippen LogP contribution in [0.15, 0.2) is 0 Å². The second kappa shape index (κ2) is 3.81. The van der Waals surface area contributed by atoms with Gasteiger partial charge in [0.1, 0.15) is 11.4 Å². The highest BCUT2D eigenvalue weighted by atomic mass is 16.4. The summed E-state index contributed by atoms with van der Waals surface area (Å²) < 4.78 is 1.68. The summed E-state index contributed by atoms with van der Waals surface area (Å²) in [6.45, 7) is 4.61. The lowest BCUT2D eigenvalue weighted by atomic mass is 10.2. The van der Waals surface area contributed by atoms with Gasteiger partial charge in [-0.15, -0.1) is 0 Å². The van der Waals surface area contributed by atoms with Gasteiger partial charge in [0.2, 0.25) is 0 Å². The Morgan fingerprint density at radius 1 is 1.62 bits per heavy atom. The molecule has 5 heteroatoms. The van der Waals surface area contributed by atoms with Crippen molar-refractivity contribution >= 4 is 11.8 Å². The zero-order valence-corrected chi connectivity index (χ0v) is 9.90. The number of hydrogen-bond acceptors (Lipinski definition) is 3. The van der Waals surface area contributed by atoms with E-state index in [0.29, 0.717) is 17.3 Å². The molecule has 0 bridgehead atoms. The Morgan fingerprint density at radius 3 is 2.69 bits per heavy atom. The zero-order valence-electron chi connectivity index (χ0n) is 9.90. The average molecular weight is 223 g/mol. The predicted molar refractivity (Wildman–Crippen MR) is 60.9 cm³/mol. The van der Waals surface area contributed by atoms with Crippen molar-refractivity contribution in [1.29, 1.82) is 0 Å². The Kier molecular flexibility index (Phi) is 2.61. The van der Waals surface area contributed by atoms with E-state index in [4.69, 9.17) is 0 Å². The van der Waals surface area contributed by atoms with Crippen molar-refractivity contribution in [2.45, 2.75) is 32.7 Å². The quantitative estimate of drug-likeness (QED) is 0.838. The van der Waals surface area contributed by atoms with Gasteiger partial charge in [-0.25, -0.2) is 4.79 Å². The van der Waals surface area contributed by atoms with Gasteiger partial charge >= 0.3 is 5.97 Å². The smallest absolute Gasteiger partial charge is 0.341 e. The Hall–Kier alpha value is -1.52. The maximum atomic E-state index is 11.2. The number of carboxylic acids is 1. The molecule has 1 N–H and O–H groups in total. The number of aromatic carboxylic acids is 1. The molecule has 1 heterocycles. The third-order valence-corrected chi connectivity index (χ3v) is 3.01. The molecule has 0 aromatic carbocycles. The van der Waals surface area contributed by atoms with Gasteiger partial charge < -0.3 is 10.0 Å². The Labute approximate surface area is 94.7 Å². The number of anilines is 1. The molecule has 1 aliphatic carbocycles. The Morgan fingerprint density at radius 2 is 2.25 bits per heavy atom. The van der Waals surface area contributed by atoms with Crippen LogP contribution >= 0.6 is 0 Å². The first kappa shape index (κ1) is 11.0. The third-order valence-electron chi connectivity index (χ3n) is 3.01. The summed E-state index contributed by atoms with van der Waals surface area (Å²) >= 11 is 0. The lowest BCUT2D eigenvalue weighted by Gasteiger charge is -2.23. The highest BCUT2D eigenvalue weighted by Crippen LogP contribution is 2.34. The van der Waals surface area contributed by atoms with Crippen molar-refractivity contribution in [1.82, 2.24) is 9.78 Å². The van der Waals surface area contributed by atoms with Crippen LogP contribution in [0.1, 0.15) is 35.8 Å². The molecule has 1 aromatic heterocycles. The van der Waals surface area contributed by atoms with Crippen LogP contribution in [0.2, 0.25) is 0 Å².